The number of halogens is 2. The number of rotatable bonds is 6. The molecule has 0 aliphatic heterocycles. The highest BCUT2D eigenvalue weighted by atomic mass is 35.5. The van der Waals surface area contributed by atoms with Gasteiger partial charge in [-0.25, -0.2) is 0 Å². The lowest BCUT2D eigenvalue weighted by molar-refractivity contribution is 0.152. The third-order valence-corrected chi connectivity index (χ3v) is 3.41. The number of ether oxygens (including phenoxy) is 1. The van der Waals surface area contributed by atoms with Gasteiger partial charge in [-0.2, -0.15) is 0 Å². The Morgan fingerprint density at radius 1 is 1.20 bits per heavy atom. The fourth-order valence-electron chi connectivity index (χ4n) is 2.27. The number of oxime groups is 1. The van der Waals surface area contributed by atoms with Crippen LogP contribution in [0.1, 0.15) is 11.3 Å². The van der Waals surface area contributed by atoms with Crippen molar-refractivity contribution in [3.8, 4) is 5.75 Å². The molecule has 0 atom stereocenters. The van der Waals surface area contributed by atoms with Crippen LogP contribution in [-0.4, -0.2) is 35.9 Å². The second kappa shape index (κ2) is 9.88. The molecule has 2 heterocycles. The number of nitrogens with zero attached hydrogens (tertiary/aromatic N) is 2. The molecule has 0 aliphatic rings. The summed E-state index contributed by atoms with van der Waals surface area (Å²) in [5, 5.41) is 5.31. The van der Waals surface area contributed by atoms with Gasteiger partial charge in [0, 0.05) is 23.7 Å². The Morgan fingerprint density at radius 2 is 1.96 bits per heavy atom. The van der Waals surface area contributed by atoms with E-state index in [4.69, 9.17) is 15.3 Å². The van der Waals surface area contributed by atoms with Gasteiger partial charge in [0.15, 0.2) is 0 Å². The number of nitrogens with one attached hydrogen (secondary N) is 1. The molecule has 0 spiro atoms. The second-order valence-corrected chi connectivity index (χ2v) is 4.94. The molecule has 0 bridgehead atoms. The highest BCUT2D eigenvalue weighted by Crippen LogP contribution is 2.19. The molecule has 1 aromatic carbocycles. The Kier molecular flexibility index (Phi) is 8.21. The molecule has 0 radical (unpaired) electrons. The summed E-state index contributed by atoms with van der Waals surface area (Å²) in [6.07, 6.45) is 3.54. The van der Waals surface area contributed by atoms with Crippen molar-refractivity contribution >= 4 is 41.4 Å². The van der Waals surface area contributed by atoms with E-state index in [-0.39, 0.29) is 24.8 Å². The molecule has 0 aliphatic carbocycles. The Balaban J connectivity index is 0.00000156. The SMILES string of the molecule is COc1ccc(C(=NOCCN)c2cc3ccncc3[nH]2)cc1.Cl.Cl. The van der Waals surface area contributed by atoms with E-state index in [1.54, 1.807) is 19.5 Å². The van der Waals surface area contributed by atoms with Crippen LogP contribution in [0.4, 0.5) is 0 Å². The molecule has 6 nitrogen and oxygen atoms in total. The maximum atomic E-state index is 5.46. The van der Waals surface area contributed by atoms with Crippen molar-refractivity contribution < 1.29 is 9.57 Å². The van der Waals surface area contributed by atoms with Gasteiger partial charge in [0.05, 0.1) is 24.5 Å². The van der Waals surface area contributed by atoms with Crippen LogP contribution in [0.3, 0.4) is 0 Å². The first-order valence-electron chi connectivity index (χ1n) is 7.29. The number of hydrogen-bond donors (Lipinski definition) is 2. The molecule has 0 saturated carbocycles. The largest absolute Gasteiger partial charge is 0.497 e. The van der Waals surface area contributed by atoms with Crippen LogP contribution < -0.4 is 10.5 Å². The highest BCUT2D eigenvalue weighted by Gasteiger charge is 2.12. The smallest absolute Gasteiger partial charge is 0.133 e. The third-order valence-electron chi connectivity index (χ3n) is 3.41. The lowest BCUT2D eigenvalue weighted by atomic mass is 10.1. The number of methoxy groups -OCH3 is 1. The number of nitrogens with two attached hydrogens (primary N) is 1. The Bertz CT molecular complexity index is 786. The molecule has 134 valence electrons. The van der Waals surface area contributed by atoms with E-state index in [0.29, 0.717) is 18.9 Å². The molecule has 3 N–H and O–H groups in total. The van der Waals surface area contributed by atoms with Crippen LogP contribution in [-0.2, 0) is 4.84 Å². The zero-order chi connectivity index (χ0) is 16.1. The lowest BCUT2D eigenvalue weighted by Gasteiger charge is -2.06. The van der Waals surface area contributed by atoms with E-state index < -0.39 is 0 Å². The summed E-state index contributed by atoms with van der Waals surface area (Å²) in [5.74, 6) is 0.789. The van der Waals surface area contributed by atoms with E-state index >= 15 is 0 Å². The zero-order valence-electron chi connectivity index (χ0n) is 13.6. The van der Waals surface area contributed by atoms with Gasteiger partial charge in [-0.05, 0) is 36.4 Å². The minimum atomic E-state index is 0. The van der Waals surface area contributed by atoms with Gasteiger partial charge in [-0.1, -0.05) is 5.16 Å². The number of pyridine rings is 1. The van der Waals surface area contributed by atoms with Crippen molar-refractivity contribution in [1.29, 1.82) is 0 Å². The number of aromatic amines is 1. The second-order valence-electron chi connectivity index (χ2n) is 4.94. The molecule has 0 fully saturated rings. The van der Waals surface area contributed by atoms with Crippen molar-refractivity contribution in [2.45, 2.75) is 0 Å². The summed E-state index contributed by atoms with van der Waals surface area (Å²) in [5.41, 5.74) is 8.89. The lowest BCUT2D eigenvalue weighted by Crippen LogP contribution is -2.09. The van der Waals surface area contributed by atoms with Gasteiger partial charge in [-0.15, -0.1) is 24.8 Å². The first kappa shape index (κ1) is 20.8. The van der Waals surface area contributed by atoms with Crippen LogP contribution in [0.25, 0.3) is 10.9 Å². The summed E-state index contributed by atoms with van der Waals surface area (Å²) in [6.45, 7) is 0.775. The van der Waals surface area contributed by atoms with E-state index in [0.717, 1.165) is 27.9 Å². The van der Waals surface area contributed by atoms with Crippen LogP contribution in [0.2, 0.25) is 0 Å². The summed E-state index contributed by atoms with van der Waals surface area (Å²) < 4.78 is 5.20. The van der Waals surface area contributed by atoms with Crippen molar-refractivity contribution in [2.75, 3.05) is 20.3 Å². The van der Waals surface area contributed by atoms with Gasteiger partial charge >= 0.3 is 0 Å². The molecule has 2 aromatic heterocycles. The predicted molar refractivity (Wildman–Crippen MR) is 104 cm³/mol. The van der Waals surface area contributed by atoms with Gasteiger partial charge in [0.25, 0.3) is 0 Å². The maximum absolute atomic E-state index is 5.46. The Hall–Kier alpha value is -2.28. The number of H-pyrrole nitrogens is 1. The topological polar surface area (TPSA) is 85.5 Å². The third kappa shape index (κ3) is 4.85. The molecule has 3 rings (SSSR count). The molecule has 8 heteroatoms. The fraction of sp³-hybridized carbons (Fsp3) is 0.176. The van der Waals surface area contributed by atoms with Crippen molar-refractivity contribution in [3.05, 3.63) is 60.0 Å². The van der Waals surface area contributed by atoms with Gasteiger partial charge < -0.3 is 20.3 Å². The first-order valence-corrected chi connectivity index (χ1v) is 7.29. The van der Waals surface area contributed by atoms with E-state index in [1.807, 2.05) is 36.4 Å². The Morgan fingerprint density at radius 3 is 2.60 bits per heavy atom. The van der Waals surface area contributed by atoms with Crippen LogP contribution >= 0.6 is 24.8 Å². The Labute approximate surface area is 158 Å². The molecular formula is C17H20Cl2N4O2. The van der Waals surface area contributed by atoms with E-state index in [1.165, 1.54) is 0 Å². The number of aromatic nitrogens is 2. The van der Waals surface area contributed by atoms with Gasteiger partial charge in [0.2, 0.25) is 0 Å². The highest BCUT2D eigenvalue weighted by molar-refractivity contribution is 6.13. The molecule has 0 unspecified atom stereocenters. The average Bonchev–Trinajstić information content (AvgIpc) is 3.02. The quantitative estimate of drug-likeness (QED) is 0.389. The van der Waals surface area contributed by atoms with Crippen molar-refractivity contribution in [2.24, 2.45) is 10.9 Å². The molecule has 0 amide bonds. The van der Waals surface area contributed by atoms with Crippen molar-refractivity contribution in [3.63, 3.8) is 0 Å². The summed E-state index contributed by atoms with van der Waals surface area (Å²) in [6, 6.07) is 11.6. The van der Waals surface area contributed by atoms with Gasteiger partial charge in [-0.3, -0.25) is 4.98 Å². The summed E-state index contributed by atoms with van der Waals surface area (Å²) >= 11 is 0. The van der Waals surface area contributed by atoms with E-state index in [9.17, 15) is 0 Å². The van der Waals surface area contributed by atoms with Crippen LogP contribution in [0.15, 0.2) is 53.9 Å². The fourth-order valence-corrected chi connectivity index (χ4v) is 2.27. The number of fused-ring (bicyclic) bond motifs is 1. The summed E-state index contributed by atoms with van der Waals surface area (Å²) in [7, 11) is 1.64. The minimum absolute atomic E-state index is 0. The standard InChI is InChI=1S/C17H18N4O2.2ClH/c1-22-14-4-2-12(3-5-14)17(21-23-9-7-18)15-10-13-6-8-19-11-16(13)20-15;;/h2-6,8,10-11,20H,7,9,18H2,1H3;2*1H. The zero-order valence-corrected chi connectivity index (χ0v) is 15.3. The monoisotopic (exact) mass is 382 g/mol. The van der Waals surface area contributed by atoms with E-state index in [2.05, 4.69) is 15.1 Å². The van der Waals surface area contributed by atoms with Crippen LogP contribution in [0.5, 0.6) is 5.75 Å². The predicted octanol–water partition coefficient (Wildman–Crippen LogP) is 3.14. The average molecular weight is 383 g/mol. The van der Waals surface area contributed by atoms with Crippen LogP contribution in [0, 0.1) is 0 Å². The van der Waals surface area contributed by atoms with Gasteiger partial charge in [0.1, 0.15) is 18.1 Å². The minimum Gasteiger partial charge on any atom is -0.497 e. The number of hydrogen-bond acceptors (Lipinski definition) is 5. The van der Waals surface area contributed by atoms with Crippen molar-refractivity contribution in [1.82, 2.24) is 9.97 Å². The molecular weight excluding hydrogens is 363 g/mol. The summed E-state index contributed by atoms with van der Waals surface area (Å²) in [4.78, 5) is 12.7. The first-order chi connectivity index (χ1) is 11.3. The number of benzene rings is 1. The normalized spacial score (nSPS) is 10.7. The molecule has 25 heavy (non-hydrogen) atoms. The molecule has 3 aromatic rings. The maximum Gasteiger partial charge on any atom is 0.133 e. The molecule has 0 saturated heterocycles.